The zero-order valence-electron chi connectivity index (χ0n) is 17.9. The van der Waals surface area contributed by atoms with Crippen LogP contribution in [-0.4, -0.2) is 35.7 Å². The van der Waals surface area contributed by atoms with E-state index in [0.29, 0.717) is 32.2 Å². The number of hydrogen-bond donors (Lipinski definition) is 0. The van der Waals surface area contributed by atoms with Crippen LogP contribution in [0.4, 0.5) is 10.1 Å². The van der Waals surface area contributed by atoms with Crippen molar-refractivity contribution in [2.24, 2.45) is 0 Å². The average molecular weight is 517 g/mol. The lowest BCUT2D eigenvalue weighted by molar-refractivity contribution is 0.0611. The summed E-state index contributed by atoms with van der Waals surface area (Å²) in [6.45, 7) is -0.0473. The van der Waals surface area contributed by atoms with E-state index in [1.165, 1.54) is 23.1 Å². The van der Waals surface area contributed by atoms with Crippen molar-refractivity contribution in [3.05, 3.63) is 112 Å². The van der Waals surface area contributed by atoms with E-state index >= 15 is 0 Å². The maximum atomic E-state index is 14.0. The van der Waals surface area contributed by atoms with Crippen LogP contribution in [-0.2, 0) is 0 Å². The van der Waals surface area contributed by atoms with Gasteiger partial charge < -0.3 is 4.90 Å². The van der Waals surface area contributed by atoms with Crippen LogP contribution >= 0.6 is 15.9 Å². The molecule has 0 N–H and O–H groups in total. The standard InChI is InChI=1S/C27H18BrFN2O3/c28-23-13-2-1-10-20(23)25(32)30(19-9-5-8-18(29)16-19)14-15-31-26(33)21-11-3-6-17-7-4-12-22(24(17)21)27(31)34/h1-13,16H,14-15H2. The normalized spacial score (nSPS) is 12.8. The second-order valence-corrected chi connectivity index (χ2v) is 8.74. The maximum Gasteiger partial charge on any atom is 0.261 e. The molecule has 0 aliphatic carbocycles. The van der Waals surface area contributed by atoms with E-state index in [-0.39, 0.29) is 19.0 Å². The van der Waals surface area contributed by atoms with Gasteiger partial charge in [0.05, 0.1) is 5.56 Å². The summed E-state index contributed by atoms with van der Waals surface area (Å²) in [5.74, 6) is -1.70. The number of anilines is 1. The van der Waals surface area contributed by atoms with Gasteiger partial charge in [-0.05, 0) is 63.8 Å². The fourth-order valence-electron chi connectivity index (χ4n) is 4.26. The Kier molecular flexibility index (Phi) is 5.71. The molecular weight excluding hydrogens is 499 g/mol. The smallest absolute Gasteiger partial charge is 0.261 e. The summed E-state index contributed by atoms with van der Waals surface area (Å²) in [7, 11) is 0. The third-order valence-electron chi connectivity index (χ3n) is 5.87. The van der Waals surface area contributed by atoms with Gasteiger partial charge in [0.1, 0.15) is 5.82 Å². The Morgan fingerprint density at radius 2 is 1.50 bits per heavy atom. The molecule has 0 spiro atoms. The molecule has 168 valence electrons. The molecule has 1 heterocycles. The first-order valence-electron chi connectivity index (χ1n) is 10.7. The summed E-state index contributed by atoms with van der Waals surface area (Å²) in [5.41, 5.74) is 1.61. The van der Waals surface area contributed by atoms with Crippen molar-refractivity contribution >= 4 is 50.1 Å². The summed E-state index contributed by atoms with van der Waals surface area (Å²) in [5, 5.41) is 1.46. The third-order valence-corrected chi connectivity index (χ3v) is 6.56. The van der Waals surface area contributed by atoms with Gasteiger partial charge in [0.2, 0.25) is 0 Å². The highest BCUT2D eigenvalue weighted by Gasteiger charge is 2.33. The Bertz CT molecular complexity index is 1420. The van der Waals surface area contributed by atoms with E-state index in [9.17, 15) is 18.8 Å². The Labute approximate surface area is 203 Å². The van der Waals surface area contributed by atoms with Crippen LogP contribution < -0.4 is 4.90 Å². The molecule has 0 aromatic heterocycles. The average Bonchev–Trinajstić information content (AvgIpc) is 2.84. The van der Waals surface area contributed by atoms with Crippen molar-refractivity contribution in [3.8, 4) is 0 Å². The van der Waals surface area contributed by atoms with Crippen molar-refractivity contribution in [3.63, 3.8) is 0 Å². The third kappa shape index (κ3) is 3.78. The molecule has 0 saturated carbocycles. The highest BCUT2D eigenvalue weighted by Crippen LogP contribution is 2.30. The molecule has 5 nitrogen and oxygen atoms in total. The van der Waals surface area contributed by atoms with Crippen LogP contribution in [0, 0.1) is 5.82 Å². The van der Waals surface area contributed by atoms with E-state index < -0.39 is 17.6 Å². The summed E-state index contributed by atoms with van der Waals surface area (Å²) >= 11 is 3.39. The molecule has 4 aromatic carbocycles. The fourth-order valence-corrected chi connectivity index (χ4v) is 4.71. The lowest BCUT2D eigenvalue weighted by atomic mass is 9.94. The number of rotatable bonds is 5. The van der Waals surface area contributed by atoms with Gasteiger partial charge in [-0.15, -0.1) is 0 Å². The van der Waals surface area contributed by atoms with Crippen molar-refractivity contribution < 1.29 is 18.8 Å². The molecule has 0 atom stereocenters. The molecular formula is C27H18BrFN2O3. The highest BCUT2D eigenvalue weighted by atomic mass is 79.9. The summed E-state index contributed by atoms with van der Waals surface area (Å²) in [4.78, 5) is 42.5. The second-order valence-electron chi connectivity index (χ2n) is 7.89. The van der Waals surface area contributed by atoms with Crippen molar-refractivity contribution in [1.29, 1.82) is 0 Å². The topological polar surface area (TPSA) is 57.7 Å². The van der Waals surface area contributed by atoms with Crippen molar-refractivity contribution in [2.75, 3.05) is 18.0 Å². The first kappa shape index (κ1) is 22.0. The van der Waals surface area contributed by atoms with Crippen LogP contribution in [0.25, 0.3) is 10.8 Å². The predicted molar refractivity (Wildman–Crippen MR) is 132 cm³/mol. The van der Waals surface area contributed by atoms with Crippen molar-refractivity contribution in [1.82, 2.24) is 4.90 Å². The number of carbonyl (C=O) groups is 3. The molecule has 3 amide bonds. The Morgan fingerprint density at radius 1 is 0.853 bits per heavy atom. The molecule has 7 heteroatoms. The first-order valence-corrected chi connectivity index (χ1v) is 11.4. The number of imide groups is 1. The lowest BCUT2D eigenvalue weighted by Crippen LogP contribution is -2.46. The van der Waals surface area contributed by atoms with Gasteiger partial charge >= 0.3 is 0 Å². The van der Waals surface area contributed by atoms with Crippen molar-refractivity contribution in [2.45, 2.75) is 0 Å². The Balaban J connectivity index is 1.49. The molecule has 0 bridgehead atoms. The number of hydrogen-bond acceptors (Lipinski definition) is 3. The Morgan fingerprint density at radius 3 is 2.15 bits per heavy atom. The van der Waals surface area contributed by atoms with Crippen LogP contribution in [0.1, 0.15) is 31.1 Å². The number of carbonyl (C=O) groups excluding carboxylic acids is 3. The minimum atomic E-state index is -0.492. The molecule has 34 heavy (non-hydrogen) atoms. The monoisotopic (exact) mass is 516 g/mol. The van der Waals surface area contributed by atoms with Gasteiger partial charge in [0.15, 0.2) is 0 Å². The minimum absolute atomic E-state index is 0.000750. The molecule has 0 fully saturated rings. The molecule has 0 unspecified atom stereocenters. The highest BCUT2D eigenvalue weighted by molar-refractivity contribution is 9.10. The Hall–Kier alpha value is -3.84. The van der Waals surface area contributed by atoms with Crippen LogP contribution in [0.5, 0.6) is 0 Å². The minimum Gasteiger partial charge on any atom is -0.306 e. The van der Waals surface area contributed by atoms with E-state index in [4.69, 9.17) is 0 Å². The van der Waals surface area contributed by atoms with E-state index in [1.807, 2.05) is 12.1 Å². The van der Waals surface area contributed by atoms with Gasteiger partial charge in [-0.3, -0.25) is 19.3 Å². The van der Waals surface area contributed by atoms with E-state index in [0.717, 1.165) is 10.3 Å². The SMILES string of the molecule is O=C1c2cccc3cccc(c23)C(=O)N1CCN(C(=O)c1ccccc1Br)c1cccc(F)c1. The van der Waals surface area contributed by atoms with E-state index in [1.54, 1.807) is 54.6 Å². The number of amides is 3. The number of nitrogens with zero attached hydrogens (tertiary/aromatic N) is 2. The first-order chi connectivity index (χ1) is 16.5. The molecule has 5 rings (SSSR count). The maximum absolute atomic E-state index is 14.0. The second kappa shape index (κ2) is 8.83. The molecule has 0 radical (unpaired) electrons. The molecule has 1 aliphatic heterocycles. The van der Waals surface area contributed by atoms with Crippen LogP contribution in [0.15, 0.2) is 89.4 Å². The van der Waals surface area contributed by atoms with Crippen LogP contribution in [0.2, 0.25) is 0 Å². The lowest BCUT2D eigenvalue weighted by Gasteiger charge is -2.30. The summed E-state index contributed by atoms with van der Waals surface area (Å²) in [6, 6.07) is 23.3. The molecule has 1 aliphatic rings. The van der Waals surface area contributed by atoms with E-state index in [2.05, 4.69) is 15.9 Å². The fraction of sp³-hybridized carbons (Fsp3) is 0.0741. The van der Waals surface area contributed by atoms with Gasteiger partial charge in [0, 0.05) is 39.8 Å². The number of halogens is 2. The van der Waals surface area contributed by atoms with Crippen LogP contribution in [0.3, 0.4) is 0 Å². The van der Waals surface area contributed by atoms with Gasteiger partial charge in [0.25, 0.3) is 17.7 Å². The summed E-state index contributed by atoms with van der Waals surface area (Å²) < 4.78 is 14.6. The largest absolute Gasteiger partial charge is 0.306 e. The predicted octanol–water partition coefficient (Wildman–Crippen LogP) is 5.68. The zero-order chi connectivity index (χ0) is 23.8. The quantitative estimate of drug-likeness (QED) is 0.320. The number of benzene rings is 4. The molecule has 4 aromatic rings. The van der Waals surface area contributed by atoms with Gasteiger partial charge in [-0.2, -0.15) is 0 Å². The van der Waals surface area contributed by atoms with Gasteiger partial charge in [-0.1, -0.05) is 42.5 Å². The zero-order valence-corrected chi connectivity index (χ0v) is 19.5. The summed E-state index contributed by atoms with van der Waals surface area (Å²) in [6.07, 6.45) is 0. The molecule has 0 saturated heterocycles. The van der Waals surface area contributed by atoms with Gasteiger partial charge in [-0.25, -0.2) is 4.39 Å².